The molecule has 1 aliphatic heterocycles. The van der Waals surface area contributed by atoms with Crippen molar-refractivity contribution in [1.82, 2.24) is 9.97 Å². The Morgan fingerprint density at radius 1 is 1.25 bits per heavy atom. The molecule has 0 radical (unpaired) electrons. The number of carbonyl (C=O) groups is 1. The Bertz CT molecular complexity index is 650. The second kappa shape index (κ2) is 4.97. The molecular formula is C14H12FN3O2. The third-order valence-corrected chi connectivity index (χ3v) is 3.22. The molecule has 0 saturated carbocycles. The van der Waals surface area contributed by atoms with E-state index in [1.165, 1.54) is 18.5 Å². The van der Waals surface area contributed by atoms with Crippen molar-refractivity contribution in [3.63, 3.8) is 0 Å². The predicted octanol–water partition coefficient (Wildman–Crippen LogP) is 1.16. The van der Waals surface area contributed by atoms with E-state index in [0.717, 1.165) is 0 Å². The molecule has 1 aliphatic rings. The maximum Gasteiger partial charge on any atom is 0.226 e. The van der Waals surface area contributed by atoms with Gasteiger partial charge in [0.1, 0.15) is 5.82 Å². The number of nitrogens with zero attached hydrogens (tertiary/aromatic N) is 3. The molecule has 0 bridgehead atoms. The molecule has 0 aliphatic carbocycles. The number of Topliss-reactive ketones (excluding diaryl/α,β-unsaturated/α-hetero) is 1. The Morgan fingerprint density at radius 2 is 1.95 bits per heavy atom. The Kier molecular flexibility index (Phi) is 3.15. The normalized spacial score (nSPS) is 14.3. The Labute approximate surface area is 114 Å². The summed E-state index contributed by atoms with van der Waals surface area (Å²) in [7, 11) is 0. The highest BCUT2D eigenvalue weighted by Crippen LogP contribution is 2.25. The first-order valence-corrected chi connectivity index (χ1v) is 6.16. The van der Waals surface area contributed by atoms with Crippen molar-refractivity contribution in [2.75, 3.05) is 18.0 Å². The van der Waals surface area contributed by atoms with Crippen LogP contribution in [0.25, 0.3) is 11.1 Å². The lowest BCUT2D eigenvalue weighted by Gasteiger charge is -2.28. The number of hydrogen-bond donors (Lipinski definition) is 1. The summed E-state index contributed by atoms with van der Waals surface area (Å²) in [4.78, 5) is 20.9. The summed E-state index contributed by atoms with van der Waals surface area (Å²) in [5.41, 5.74) is 1.12. The molecule has 6 heteroatoms. The summed E-state index contributed by atoms with van der Waals surface area (Å²) in [5, 5.41) is 9.06. The first-order valence-electron chi connectivity index (χ1n) is 6.16. The molecule has 5 nitrogen and oxygen atoms in total. The predicted molar refractivity (Wildman–Crippen MR) is 70.6 cm³/mol. The highest BCUT2D eigenvalue weighted by Gasteiger charge is 2.25. The molecule has 1 N–H and O–H groups in total. The van der Waals surface area contributed by atoms with Crippen molar-refractivity contribution in [1.29, 1.82) is 0 Å². The number of carbonyl (C=O) groups excluding carboxylic acids is 1. The Balaban J connectivity index is 1.89. The van der Waals surface area contributed by atoms with Gasteiger partial charge >= 0.3 is 0 Å². The first kappa shape index (κ1) is 12.7. The maximum absolute atomic E-state index is 14.1. The molecule has 1 aromatic carbocycles. The van der Waals surface area contributed by atoms with Crippen LogP contribution in [0.5, 0.6) is 0 Å². The SMILES string of the molecule is O=C1CN(c2ncc(-c3cccc(CO)c3F)cn2)C1. The van der Waals surface area contributed by atoms with Gasteiger partial charge in [-0.2, -0.15) is 0 Å². The average Bonchev–Trinajstić information content (AvgIpc) is 2.45. The van der Waals surface area contributed by atoms with Gasteiger partial charge in [-0.25, -0.2) is 14.4 Å². The van der Waals surface area contributed by atoms with Crippen LogP contribution in [0.1, 0.15) is 5.56 Å². The van der Waals surface area contributed by atoms with Gasteiger partial charge in [0, 0.05) is 29.1 Å². The minimum absolute atomic E-state index is 0.152. The first-order chi connectivity index (χ1) is 9.69. The summed E-state index contributed by atoms with van der Waals surface area (Å²) in [6.45, 7) is 0.302. The molecule has 2 aromatic rings. The van der Waals surface area contributed by atoms with Crippen LogP contribution in [0.2, 0.25) is 0 Å². The number of ketones is 1. The molecule has 1 saturated heterocycles. The fourth-order valence-electron chi connectivity index (χ4n) is 2.07. The van der Waals surface area contributed by atoms with E-state index in [1.807, 2.05) is 0 Å². The lowest BCUT2D eigenvalue weighted by atomic mass is 10.1. The number of rotatable bonds is 3. The van der Waals surface area contributed by atoms with E-state index in [-0.39, 0.29) is 18.0 Å². The van der Waals surface area contributed by atoms with Crippen molar-refractivity contribution in [3.8, 4) is 11.1 Å². The summed E-state index contributed by atoms with van der Waals surface area (Å²) >= 11 is 0. The molecule has 0 atom stereocenters. The van der Waals surface area contributed by atoms with E-state index >= 15 is 0 Å². The van der Waals surface area contributed by atoms with Gasteiger partial charge in [-0.1, -0.05) is 18.2 Å². The van der Waals surface area contributed by atoms with Crippen LogP contribution in [0, 0.1) is 5.82 Å². The smallest absolute Gasteiger partial charge is 0.226 e. The highest BCUT2D eigenvalue weighted by molar-refractivity contribution is 5.94. The second-order valence-corrected chi connectivity index (χ2v) is 4.60. The molecule has 0 spiro atoms. The van der Waals surface area contributed by atoms with Crippen LogP contribution in [-0.4, -0.2) is 33.9 Å². The number of halogens is 1. The summed E-state index contributed by atoms with van der Waals surface area (Å²) < 4.78 is 14.1. The number of aliphatic hydroxyl groups is 1. The Hall–Kier alpha value is -2.34. The van der Waals surface area contributed by atoms with Crippen LogP contribution < -0.4 is 4.90 Å². The fraction of sp³-hybridized carbons (Fsp3) is 0.214. The van der Waals surface area contributed by atoms with Crippen molar-refractivity contribution in [3.05, 3.63) is 42.0 Å². The lowest BCUT2D eigenvalue weighted by Crippen LogP contribution is -2.48. The van der Waals surface area contributed by atoms with Gasteiger partial charge in [-0.15, -0.1) is 0 Å². The minimum Gasteiger partial charge on any atom is -0.392 e. The van der Waals surface area contributed by atoms with Crippen LogP contribution in [0.3, 0.4) is 0 Å². The minimum atomic E-state index is -0.467. The van der Waals surface area contributed by atoms with Gasteiger partial charge in [0.15, 0.2) is 5.78 Å². The number of anilines is 1. The van der Waals surface area contributed by atoms with Crippen LogP contribution in [0.4, 0.5) is 10.3 Å². The third-order valence-electron chi connectivity index (χ3n) is 3.22. The van der Waals surface area contributed by atoms with Crippen molar-refractivity contribution < 1.29 is 14.3 Å². The van der Waals surface area contributed by atoms with E-state index in [9.17, 15) is 9.18 Å². The average molecular weight is 273 g/mol. The van der Waals surface area contributed by atoms with E-state index in [1.54, 1.807) is 17.0 Å². The zero-order valence-electron chi connectivity index (χ0n) is 10.6. The lowest BCUT2D eigenvalue weighted by molar-refractivity contribution is -0.119. The topological polar surface area (TPSA) is 66.3 Å². The van der Waals surface area contributed by atoms with Gasteiger partial charge in [0.05, 0.1) is 19.7 Å². The van der Waals surface area contributed by atoms with E-state index < -0.39 is 5.82 Å². The molecule has 0 amide bonds. The second-order valence-electron chi connectivity index (χ2n) is 4.60. The van der Waals surface area contributed by atoms with Gasteiger partial charge in [-0.3, -0.25) is 4.79 Å². The monoisotopic (exact) mass is 273 g/mol. The number of aliphatic hydroxyl groups excluding tert-OH is 1. The molecule has 102 valence electrons. The number of benzene rings is 1. The van der Waals surface area contributed by atoms with Crippen LogP contribution >= 0.6 is 0 Å². The summed E-state index contributed by atoms with van der Waals surface area (Å²) in [6.07, 6.45) is 3.04. The standard InChI is InChI=1S/C14H12FN3O2/c15-13-9(8-19)2-1-3-12(13)10-4-16-14(17-5-10)18-6-11(20)7-18/h1-5,19H,6-8H2. The zero-order valence-corrected chi connectivity index (χ0v) is 10.6. The molecule has 20 heavy (non-hydrogen) atoms. The summed E-state index contributed by atoms with van der Waals surface area (Å²) in [6, 6.07) is 4.81. The highest BCUT2D eigenvalue weighted by atomic mass is 19.1. The van der Waals surface area contributed by atoms with Crippen LogP contribution in [0.15, 0.2) is 30.6 Å². The molecule has 1 fully saturated rings. The fourth-order valence-corrected chi connectivity index (χ4v) is 2.07. The van der Waals surface area contributed by atoms with Gasteiger partial charge in [0.25, 0.3) is 0 Å². The number of hydrogen-bond acceptors (Lipinski definition) is 5. The van der Waals surface area contributed by atoms with Crippen molar-refractivity contribution in [2.45, 2.75) is 6.61 Å². The third kappa shape index (κ3) is 2.14. The summed E-state index contributed by atoms with van der Waals surface area (Å²) in [5.74, 6) is 0.150. The molecule has 2 heterocycles. The quantitative estimate of drug-likeness (QED) is 0.909. The molecule has 1 aromatic heterocycles. The molecule has 0 unspecified atom stereocenters. The van der Waals surface area contributed by atoms with Crippen molar-refractivity contribution >= 4 is 11.7 Å². The van der Waals surface area contributed by atoms with E-state index in [0.29, 0.717) is 30.2 Å². The largest absolute Gasteiger partial charge is 0.392 e. The Morgan fingerprint density at radius 3 is 2.55 bits per heavy atom. The van der Waals surface area contributed by atoms with Gasteiger partial charge in [0.2, 0.25) is 5.95 Å². The zero-order chi connectivity index (χ0) is 14.1. The molecular weight excluding hydrogens is 261 g/mol. The van der Waals surface area contributed by atoms with Gasteiger partial charge < -0.3 is 10.0 Å². The van der Waals surface area contributed by atoms with Crippen LogP contribution in [-0.2, 0) is 11.4 Å². The maximum atomic E-state index is 14.1. The van der Waals surface area contributed by atoms with Crippen molar-refractivity contribution in [2.24, 2.45) is 0 Å². The van der Waals surface area contributed by atoms with E-state index in [4.69, 9.17) is 5.11 Å². The van der Waals surface area contributed by atoms with E-state index in [2.05, 4.69) is 9.97 Å². The molecule has 3 rings (SSSR count). The van der Waals surface area contributed by atoms with Gasteiger partial charge in [-0.05, 0) is 0 Å². The number of aromatic nitrogens is 2.